The van der Waals surface area contributed by atoms with Crippen LogP contribution in [0.1, 0.15) is 213 Å². The molecule has 211 valence electrons. The second-order valence-electron chi connectivity index (χ2n) is 12.0. The van der Waals surface area contributed by atoms with Gasteiger partial charge in [0, 0.05) is 0 Å². The highest BCUT2D eigenvalue weighted by Gasteiger charge is 2.02. The Kier molecular flexibility index (Phi) is 32.0. The van der Waals surface area contributed by atoms with E-state index in [4.69, 9.17) is 0 Å². The molecule has 0 N–H and O–H groups in total. The van der Waals surface area contributed by atoms with Gasteiger partial charge in [-0.15, -0.1) is 0 Å². The average Bonchev–Trinajstić information content (AvgIpc) is 2.86. The minimum atomic E-state index is 0.717. The van der Waals surface area contributed by atoms with Crippen molar-refractivity contribution in [2.24, 2.45) is 5.92 Å². The lowest BCUT2D eigenvalue weighted by Crippen LogP contribution is -1.95. The van der Waals surface area contributed by atoms with Crippen molar-refractivity contribution < 1.29 is 0 Å². The summed E-state index contributed by atoms with van der Waals surface area (Å²) < 4.78 is 0. The van der Waals surface area contributed by atoms with Gasteiger partial charge in [-0.25, -0.2) is 0 Å². The minimum absolute atomic E-state index is 0.717. The minimum Gasteiger partial charge on any atom is -0.0654 e. The van der Waals surface area contributed by atoms with Crippen LogP contribution in [-0.2, 0) is 0 Å². The molecule has 0 saturated carbocycles. The molecular weight excluding hydrogens is 420 g/mol. The Hall–Kier alpha value is 0. The van der Waals surface area contributed by atoms with Crippen LogP contribution in [-0.4, -0.2) is 0 Å². The zero-order chi connectivity index (χ0) is 25.5. The summed E-state index contributed by atoms with van der Waals surface area (Å²) >= 11 is 0. The monoisotopic (exact) mass is 492 g/mol. The molecule has 0 aromatic rings. The Morgan fingerprint density at radius 1 is 0.286 bits per heavy atom. The van der Waals surface area contributed by atoms with Crippen LogP contribution in [0.4, 0.5) is 0 Å². The molecule has 35 heavy (non-hydrogen) atoms. The molecule has 0 nitrogen and oxygen atoms in total. The molecule has 1 atom stereocenters. The van der Waals surface area contributed by atoms with Gasteiger partial charge in [-0.2, -0.15) is 0 Å². The summed E-state index contributed by atoms with van der Waals surface area (Å²) in [6, 6.07) is 0. The van der Waals surface area contributed by atoms with Crippen molar-refractivity contribution in [3.8, 4) is 0 Å². The molecule has 0 rings (SSSR count). The fourth-order valence-corrected chi connectivity index (χ4v) is 5.58. The first-order chi connectivity index (χ1) is 17.3. The van der Waals surface area contributed by atoms with E-state index < -0.39 is 0 Å². The second kappa shape index (κ2) is 32.0. The Morgan fingerprint density at radius 2 is 0.457 bits per heavy atom. The van der Waals surface area contributed by atoms with Gasteiger partial charge in [0.1, 0.15) is 0 Å². The molecule has 0 aliphatic rings. The second-order valence-corrected chi connectivity index (χ2v) is 12.0. The smallest absolute Gasteiger partial charge is 0.0414 e. The van der Waals surface area contributed by atoms with Crippen LogP contribution in [0, 0.1) is 12.8 Å². The van der Waals surface area contributed by atoms with Crippen LogP contribution in [0.15, 0.2) is 0 Å². The van der Waals surface area contributed by atoms with E-state index in [1.165, 1.54) is 199 Å². The normalized spacial score (nSPS) is 12.4. The molecule has 0 fully saturated rings. The zero-order valence-corrected chi connectivity index (χ0v) is 25.2. The topological polar surface area (TPSA) is 0 Å². The van der Waals surface area contributed by atoms with E-state index in [-0.39, 0.29) is 0 Å². The van der Waals surface area contributed by atoms with Gasteiger partial charge in [0.2, 0.25) is 0 Å². The summed E-state index contributed by atoms with van der Waals surface area (Å²) in [5.41, 5.74) is 0. The summed E-state index contributed by atoms with van der Waals surface area (Å²) in [6.07, 6.45) is 45.1. The lowest BCUT2D eigenvalue weighted by atomic mass is 9.95. The lowest BCUT2D eigenvalue weighted by Gasteiger charge is -2.11. The summed E-state index contributed by atoms with van der Waals surface area (Å²) in [6.45, 7) is 9.05. The molecular formula is C35H71. The molecule has 0 heteroatoms. The number of hydrogen-bond acceptors (Lipinski definition) is 0. The zero-order valence-electron chi connectivity index (χ0n) is 25.2. The van der Waals surface area contributed by atoms with E-state index in [1.54, 1.807) is 0 Å². The van der Waals surface area contributed by atoms with Gasteiger partial charge in [0.15, 0.2) is 0 Å². The highest BCUT2D eigenvalue weighted by molar-refractivity contribution is 4.62. The van der Waals surface area contributed by atoms with Crippen LogP contribution >= 0.6 is 0 Å². The third kappa shape index (κ3) is 32.0. The molecule has 0 saturated heterocycles. The maximum Gasteiger partial charge on any atom is -0.0414 e. The molecule has 1 radical (unpaired) electrons. The SMILES string of the molecule is [CH2]C(CCCCCCCCCCCCCCC)CCCCCCCCCCCCCCCCCC. The van der Waals surface area contributed by atoms with Gasteiger partial charge in [0.05, 0.1) is 0 Å². The van der Waals surface area contributed by atoms with Crippen molar-refractivity contribution >= 4 is 0 Å². The van der Waals surface area contributed by atoms with Crippen LogP contribution in [0.25, 0.3) is 0 Å². The number of unbranched alkanes of at least 4 members (excludes halogenated alkanes) is 27. The maximum atomic E-state index is 4.44. The van der Waals surface area contributed by atoms with Crippen molar-refractivity contribution in [2.45, 2.75) is 213 Å². The molecule has 0 aromatic carbocycles. The van der Waals surface area contributed by atoms with E-state index in [1.807, 2.05) is 0 Å². The third-order valence-corrected chi connectivity index (χ3v) is 8.18. The molecule has 0 aliphatic carbocycles. The van der Waals surface area contributed by atoms with E-state index in [0.29, 0.717) is 5.92 Å². The van der Waals surface area contributed by atoms with E-state index in [2.05, 4.69) is 20.8 Å². The summed E-state index contributed by atoms with van der Waals surface area (Å²) in [5, 5.41) is 0. The molecule has 0 spiro atoms. The van der Waals surface area contributed by atoms with Crippen LogP contribution in [0.2, 0.25) is 0 Å². The first-order valence-corrected chi connectivity index (χ1v) is 17.1. The Balaban J connectivity index is 3.13. The van der Waals surface area contributed by atoms with Crippen molar-refractivity contribution in [3.63, 3.8) is 0 Å². The van der Waals surface area contributed by atoms with Crippen LogP contribution in [0.3, 0.4) is 0 Å². The fourth-order valence-electron chi connectivity index (χ4n) is 5.58. The molecule has 0 amide bonds. The summed E-state index contributed by atoms with van der Waals surface area (Å²) in [7, 11) is 0. The molecule has 0 bridgehead atoms. The van der Waals surface area contributed by atoms with Crippen molar-refractivity contribution in [2.75, 3.05) is 0 Å². The van der Waals surface area contributed by atoms with E-state index >= 15 is 0 Å². The first-order valence-electron chi connectivity index (χ1n) is 17.1. The molecule has 0 aromatic heterocycles. The van der Waals surface area contributed by atoms with E-state index in [9.17, 15) is 0 Å². The van der Waals surface area contributed by atoms with Crippen LogP contribution < -0.4 is 0 Å². The predicted octanol–water partition coefficient (Wildman–Crippen LogP) is 13.6. The maximum absolute atomic E-state index is 4.44. The van der Waals surface area contributed by atoms with Gasteiger partial charge in [-0.3, -0.25) is 0 Å². The summed E-state index contributed by atoms with van der Waals surface area (Å²) in [5.74, 6) is 0.717. The van der Waals surface area contributed by atoms with Gasteiger partial charge < -0.3 is 0 Å². The molecule has 0 aliphatic heterocycles. The van der Waals surface area contributed by atoms with Gasteiger partial charge in [-0.05, 0) is 5.92 Å². The van der Waals surface area contributed by atoms with Gasteiger partial charge in [-0.1, -0.05) is 220 Å². The first kappa shape index (κ1) is 35.0. The van der Waals surface area contributed by atoms with Crippen molar-refractivity contribution in [1.82, 2.24) is 0 Å². The molecule has 0 heterocycles. The lowest BCUT2D eigenvalue weighted by molar-refractivity contribution is 0.459. The molecule has 1 unspecified atom stereocenters. The predicted molar refractivity (Wildman–Crippen MR) is 163 cm³/mol. The largest absolute Gasteiger partial charge is 0.0654 e. The summed E-state index contributed by atoms with van der Waals surface area (Å²) in [4.78, 5) is 0. The highest BCUT2D eigenvalue weighted by Crippen LogP contribution is 2.19. The number of rotatable bonds is 31. The standard InChI is InChI=1S/C35H71/c1-4-6-8-10-12-14-16-18-19-20-22-24-26-28-30-32-34-35(3)33-31-29-27-25-23-21-17-15-13-11-9-7-5-2/h35H,3-34H2,1-2H3. The quantitative estimate of drug-likeness (QED) is 0.0845. The van der Waals surface area contributed by atoms with Crippen LogP contribution in [0.5, 0.6) is 0 Å². The Morgan fingerprint density at radius 3 is 0.657 bits per heavy atom. The third-order valence-electron chi connectivity index (χ3n) is 8.18. The van der Waals surface area contributed by atoms with Gasteiger partial charge >= 0.3 is 0 Å². The fraction of sp³-hybridized carbons (Fsp3) is 0.971. The van der Waals surface area contributed by atoms with Crippen molar-refractivity contribution in [3.05, 3.63) is 6.92 Å². The Bertz CT molecular complexity index is 346. The Labute approximate surface area is 225 Å². The number of hydrogen-bond donors (Lipinski definition) is 0. The average molecular weight is 492 g/mol. The van der Waals surface area contributed by atoms with Gasteiger partial charge in [0.25, 0.3) is 0 Å². The van der Waals surface area contributed by atoms with Crippen molar-refractivity contribution in [1.29, 1.82) is 0 Å². The highest BCUT2D eigenvalue weighted by atomic mass is 14.1. The van der Waals surface area contributed by atoms with E-state index in [0.717, 1.165) is 0 Å².